The third kappa shape index (κ3) is 3.55. The van der Waals surface area contributed by atoms with Gasteiger partial charge in [0.2, 0.25) is 10.0 Å². The molecule has 1 aromatic carbocycles. The highest BCUT2D eigenvalue weighted by Gasteiger charge is 2.25. The number of hydrogen-bond acceptors (Lipinski definition) is 3. The fourth-order valence-corrected chi connectivity index (χ4v) is 3.59. The SMILES string of the molecule is CNCc1cc(C)c(C)c(S(=O)(=O)NCC2CC2)c1. The third-order valence-electron chi connectivity index (χ3n) is 3.61. The maximum absolute atomic E-state index is 12.4. The summed E-state index contributed by atoms with van der Waals surface area (Å²) in [5, 5.41) is 3.05. The summed E-state index contributed by atoms with van der Waals surface area (Å²) in [4.78, 5) is 0.415. The Morgan fingerprint density at radius 2 is 1.95 bits per heavy atom. The molecular weight excluding hydrogens is 260 g/mol. The van der Waals surface area contributed by atoms with Crippen LogP contribution in [0, 0.1) is 19.8 Å². The van der Waals surface area contributed by atoms with Crippen molar-refractivity contribution in [3.8, 4) is 0 Å². The molecule has 19 heavy (non-hydrogen) atoms. The number of sulfonamides is 1. The summed E-state index contributed by atoms with van der Waals surface area (Å²) in [7, 11) is -1.53. The quantitative estimate of drug-likeness (QED) is 0.835. The summed E-state index contributed by atoms with van der Waals surface area (Å²) >= 11 is 0. The van der Waals surface area contributed by atoms with E-state index in [2.05, 4.69) is 10.0 Å². The first-order valence-corrected chi connectivity index (χ1v) is 8.16. The van der Waals surface area contributed by atoms with Gasteiger partial charge in [0.25, 0.3) is 0 Å². The minimum atomic E-state index is -3.39. The molecule has 0 radical (unpaired) electrons. The molecule has 0 aromatic heterocycles. The molecule has 0 aliphatic heterocycles. The van der Waals surface area contributed by atoms with Crippen molar-refractivity contribution in [2.45, 2.75) is 38.1 Å². The second kappa shape index (κ2) is 5.61. The molecule has 1 saturated carbocycles. The Morgan fingerprint density at radius 3 is 2.53 bits per heavy atom. The summed E-state index contributed by atoms with van der Waals surface area (Å²) < 4.78 is 27.5. The Kier molecular flexibility index (Phi) is 4.28. The highest BCUT2D eigenvalue weighted by atomic mass is 32.2. The van der Waals surface area contributed by atoms with Crippen molar-refractivity contribution >= 4 is 10.0 Å². The van der Waals surface area contributed by atoms with E-state index in [1.807, 2.05) is 27.0 Å². The molecule has 0 heterocycles. The minimum absolute atomic E-state index is 0.415. The van der Waals surface area contributed by atoms with Gasteiger partial charge in [-0.05, 0) is 62.4 Å². The monoisotopic (exact) mass is 282 g/mol. The Bertz CT molecular complexity index is 563. The average Bonchev–Trinajstić information content (AvgIpc) is 3.15. The van der Waals surface area contributed by atoms with Gasteiger partial charge in [-0.2, -0.15) is 0 Å². The van der Waals surface area contributed by atoms with Crippen LogP contribution in [0.5, 0.6) is 0 Å². The van der Waals surface area contributed by atoms with Gasteiger partial charge in [-0.3, -0.25) is 0 Å². The van der Waals surface area contributed by atoms with Crippen molar-refractivity contribution in [3.63, 3.8) is 0 Å². The zero-order valence-electron chi connectivity index (χ0n) is 11.8. The van der Waals surface area contributed by atoms with Crippen LogP contribution < -0.4 is 10.0 Å². The standard InChI is InChI=1S/C14H22N2O2S/c1-10-6-13(8-15-3)7-14(11(10)2)19(17,18)16-9-12-4-5-12/h6-7,12,15-16H,4-5,8-9H2,1-3H3. The van der Waals surface area contributed by atoms with Gasteiger partial charge in [0.05, 0.1) is 4.90 Å². The lowest BCUT2D eigenvalue weighted by Gasteiger charge is -2.13. The molecule has 0 unspecified atom stereocenters. The van der Waals surface area contributed by atoms with Gasteiger partial charge in [-0.25, -0.2) is 13.1 Å². The van der Waals surface area contributed by atoms with Gasteiger partial charge in [-0.15, -0.1) is 0 Å². The molecule has 1 aromatic rings. The number of rotatable bonds is 6. The summed E-state index contributed by atoms with van der Waals surface area (Å²) in [5.41, 5.74) is 2.85. The van der Waals surface area contributed by atoms with E-state index in [0.29, 0.717) is 23.9 Å². The molecule has 1 fully saturated rings. The highest BCUT2D eigenvalue weighted by molar-refractivity contribution is 7.89. The van der Waals surface area contributed by atoms with Gasteiger partial charge in [-0.1, -0.05) is 6.07 Å². The molecule has 2 N–H and O–H groups in total. The first-order valence-electron chi connectivity index (χ1n) is 6.68. The third-order valence-corrected chi connectivity index (χ3v) is 5.16. The zero-order valence-corrected chi connectivity index (χ0v) is 12.6. The van der Waals surface area contributed by atoms with E-state index >= 15 is 0 Å². The van der Waals surface area contributed by atoms with E-state index < -0.39 is 10.0 Å². The van der Waals surface area contributed by atoms with Crippen molar-refractivity contribution in [1.82, 2.24) is 10.0 Å². The van der Waals surface area contributed by atoms with Crippen LogP contribution in [0.4, 0.5) is 0 Å². The van der Waals surface area contributed by atoms with Crippen LogP contribution in [0.25, 0.3) is 0 Å². The van der Waals surface area contributed by atoms with Crippen molar-refractivity contribution < 1.29 is 8.42 Å². The average molecular weight is 282 g/mol. The van der Waals surface area contributed by atoms with Gasteiger partial charge in [0, 0.05) is 13.1 Å². The number of benzene rings is 1. The molecule has 2 rings (SSSR count). The second-order valence-electron chi connectivity index (χ2n) is 5.36. The fraction of sp³-hybridized carbons (Fsp3) is 0.571. The van der Waals surface area contributed by atoms with E-state index in [-0.39, 0.29) is 0 Å². The Morgan fingerprint density at radius 1 is 1.26 bits per heavy atom. The molecular formula is C14H22N2O2S. The van der Waals surface area contributed by atoms with Crippen LogP contribution in [0.3, 0.4) is 0 Å². The molecule has 106 valence electrons. The van der Waals surface area contributed by atoms with Crippen LogP contribution in [0.2, 0.25) is 0 Å². The molecule has 1 aliphatic carbocycles. The van der Waals surface area contributed by atoms with Crippen LogP contribution in [0.1, 0.15) is 29.5 Å². The zero-order chi connectivity index (χ0) is 14.0. The maximum Gasteiger partial charge on any atom is 0.240 e. The second-order valence-corrected chi connectivity index (χ2v) is 7.10. The van der Waals surface area contributed by atoms with E-state index in [4.69, 9.17) is 0 Å². The molecule has 5 heteroatoms. The number of aryl methyl sites for hydroxylation is 1. The molecule has 0 amide bonds. The smallest absolute Gasteiger partial charge is 0.240 e. The summed E-state index contributed by atoms with van der Waals surface area (Å²) in [5.74, 6) is 0.539. The van der Waals surface area contributed by atoms with Crippen molar-refractivity contribution in [1.29, 1.82) is 0 Å². The molecule has 0 saturated heterocycles. The summed E-state index contributed by atoms with van der Waals surface area (Å²) in [6.45, 7) is 5.06. The molecule has 0 spiro atoms. The normalized spacial score (nSPS) is 15.7. The summed E-state index contributed by atoms with van der Waals surface area (Å²) in [6.07, 6.45) is 2.28. The molecule has 4 nitrogen and oxygen atoms in total. The van der Waals surface area contributed by atoms with Crippen LogP contribution in [0.15, 0.2) is 17.0 Å². The molecule has 1 aliphatic rings. The van der Waals surface area contributed by atoms with Gasteiger partial charge in [0.1, 0.15) is 0 Å². The fourth-order valence-electron chi connectivity index (χ4n) is 2.11. The maximum atomic E-state index is 12.4. The van der Waals surface area contributed by atoms with Crippen LogP contribution >= 0.6 is 0 Å². The number of nitrogens with one attached hydrogen (secondary N) is 2. The Hall–Kier alpha value is -0.910. The first-order chi connectivity index (χ1) is 8.94. The van der Waals surface area contributed by atoms with Gasteiger partial charge < -0.3 is 5.32 Å². The lowest BCUT2D eigenvalue weighted by Crippen LogP contribution is -2.27. The predicted molar refractivity (Wildman–Crippen MR) is 76.6 cm³/mol. The van der Waals surface area contributed by atoms with Gasteiger partial charge >= 0.3 is 0 Å². The number of hydrogen-bond donors (Lipinski definition) is 2. The van der Waals surface area contributed by atoms with E-state index in [1.165, 1.54) is 0 Å². The summed E-state index contributed by atoms with van der Waals surface area (Å²) in [6, 6.07) is 3.81. The van der Waals surface area contributed by atoms with Crippen molar-refractivity contribution in [2.75, 3.05) is 13.6 Å². The minimum Gasteiger partial charge on any atom is -0.316 e. The van der Waals surface area contributed by atoms with Crippen LogP contribution in [-0.4, -0.2) is 22.0 Å². The predicted octanol–water partition coefficient (Wildman–Crippen LogP) is 1.71. The van der Waals surface area contributed by atoms with Gasteiger partial charge in [0.15, 0.2) is 0 Å². The van der Waals surface area contributed by atoms with E-state index in [1.54, 1.807) is 6.07 Å². The Balaban J connectivity index is 2.30. The van der Waals surface area contributed by atoms with Crippen molar-refractivity contribution in [3.05, 3.63) is 28.8 Å². The lowest BCUT2D eigenvalue weighted by atomic mass is 10.1. The molecule has 0 atom stereocenters. The van der Waals surface area contributed by atoms with Crippen LogP contribution in [-0.2, 0) is 16.6 Å². The highest BCUT2D eigenvalue weighted by Crippen LogP contribution is 2.28. The Labute approximate surface area is 115 Å². The molecule has 0 bridgehead atoms. The first kappa shape index (κ1) is 14.5. The van der Waals surface area contributed by atoms with Crippen molar-refractivity contribution in [2.24, 2.45) is 5.92 Å². The van der Waals surface area contributed by atoms with E-state index in [0.717, 1.165) is 29.5 Å². The van der Waals surface area contributed by atoms with E-state index in [9.17, 15) is 8.42 Å². The largest absolute Gasteiger partial charge is 0.316 e. The lowest BCUT2D eigenvalue weighted by molar-refractivity contribution is 0.576. The topological polar surface area (TPSA) is 58.2 Å².